The first-order valence-corrected chi connectivity index (χ1v) is 9.37. The van der Waals surface area contributed by atoms with Gasteiger partial charge in [-0.3, -0.25) is 14.9 Å². The molecule has 0 atom stereocenters. The molecule has 2 aromatic carbocycles. The Balaban J connectivity index is 1.72. The summed E-state index contributed by atoms with van der Waals surface area (Å²) in [4.78, 5) is 29.6. The second-order valence-corrected chi connectivity index (χ2v) is 6.78. The van der Waals surface area contributed by atoms with Crippen molar-refractivity contribution in [3.8, 4) is 0 Å². The molecule has 2 amide bonds. The molecule has 0 aliphatic carbocycles. The van der Waals surface area contributed by atoms with E-state index < -0.39 is 0 Å². The van der Waals surface area contributed by atoms with Crippen LogP contribution < -0.4 is 10.6 Å². The molecule has 0 fully saturated rings. The lowest BCUT2D eigenvalue weighted by molar-refractivity contribution is 0.0953. The summed E-state index contributed by atoms with van der Waals surface area (Å²) < 4.78 is 2.07. The number of hydrogen-bond donors (Lipinski definition) is 2. The van der Waals surface area contributed by atoms with Crippen molar-refractivity contribution in [3.63, 3.8) is 0 Å². The van der Waals surface area contributed by atoms with E-state index >= 15 is 0 Å². The monoisotopic (exact) mass is 362 g/mol. The van der Waals surface area contributed by atoms with Gasteiger partial charge in [0, 0.05) is 24.2 Å². The molecule has 0 unspecified atom stereocenters. The van der Waals surface area contributed by atoms with Gasteiger partial charge in [0.15, 0.2) is 0 Å². The maximum absolute atomic E-state index is 12.8. The third-order valence-corrected chi connectivity index (χ3v) is 4.86. The minimum absolute atomic E-state index is 0.147. The number of aromatic nitrogens is 2. The van der Waals surface area contributed by atoms with E-state index in [1.807, 2.05) is 24.3 Å². The van der Waals surface area contributed by atoms with Crippen LogP contribution in [0.4, 0.5) is 5.95 Å². The predicted octanol–water partition coefficient (Wildman–Crippen LogP) is 3.59. The van der Waals surface area contributed by atoms with Crippen molar-refractivity contribution in [1.82, 2.24) is 14.9 Å². The van der Waals surface area contributed by atoms with Gasteiger partial charge in [-0.05, 0) is 43.2 Å². The van der Waals surface area contributed by atoms with E-state index in [0.717, 1.165) is 43.3 Å². The fourth-order valence-electron chi connectivity index (χ4n) is 3.43. The number of fused-ring (bicyclic) bond motifs is 5. The molecule has 3 aromatic rings. The average Bonchev–Trinajstić information content (AvgIpc) is 3.03. The van der Waals surface area contributed by atoms with Gasteiger partial charge in [0.05, 0.1) is 11.0 Å². The topological polar surface area (TPSA) is 76.0 Å². The van der Waals surface area contributed by atoms with Crippen molar-refractivity contribution in [2.24, 2.45) is 0 Å². The van der Waals surface area contributed by atoms with Crippen LogP contribution in [0, 0.1) is 0 Å². The molecular weight excluding hydrogens is 340 g/mol. The first kappa shape index (κ1) is 17.3. The van der Waals surface area contributed by atoms with E-state index in [2.05, 4.69) is 20.2 Å². The van der Waals surface area contributed by atoms with Crippen LogP contribution in [0.1, 0.15) is 46.4 Å². The van der Waals surface area contributed by atoms with Crippen LogP contribution in [0.3, 0.4) is 0 Å². The highest BCUT2D eigenvalue weighted by Crippen LogP contribution is 2.21. The van der Waals surface area contributed by atoms with Crippen molar-refractivity contribution in [3.05, 3.63) is 59.7 Å². The standard InChI is InChI=1S/C21H22N4O2/c26-19-15-8-7-9-16(14-15)20(27)24-21-23-17-10-3-4-11-18(17)25(21)13-6-2-1-5-12-22-19/h3-4,7-11,14H,1-2,5-6,12-13H2,(H,22,26)(H,23,24,27). The molecule has 0 spiro atoms. The summed E-state index contributed by atoms with van der Waals surface area (Å²) in [5, 5.41) is 5.85. The van der Waals surface area contributed by atoms with E-state index in [0.29, 0.717) is 23.6 Å². The number of para-hydroxylation sites is 2. The van der Waals surface area contributed by atoms with E-state index in [9.17, 15) is 9.59 Å². The Labute approximate surface area is 157 Å². The molecule has 6 heteroatoms. The molecule has 0 saturated heterocycles. The zero-order chi connectivity index (χ0) is 18.6. The summed E-state index contributed by atoms with van der Waals surface area (Å²) in [6.07, 6.45) is 4.04. The molecule has 1 aromatic heterocycles. The molecule has 2 bridgehead atoms. The zero-order valence-corrected chi connectivity index (χ0v) is 15.1. The van der Waals surface area contributed by atoms with Crippen molar-refractivity contribution in [2.45, 2.75) is 32.2 Å². The number of benzene rings is 2. The summed E-state index contributed by atoms with van der Waals surface area (Å²) in [5.74, 6) is 0.133. The molecule has 1 aliphatic rings. The van der Waals surface area contributed by atoms with Gasteiger partial charge in [0.25, 0.3) is 11.8 Å². The van der Waals surface area contributed by atoms with Crippen LogP contribution in [0.2, 0.25) is 0 Å². The molecule has 0 saturated carbocycles. The van der Waals surface area contributed by atoms with E-state index in [1.165, 1.54) is 0 Å². The first-order valence-electron chi connectivity index (χ1n) is 9.37. The zero-order valence-electron chi connectivity index (χ0n) is 15.1. The number of nitrogens with zero attached hydrogens (tertiary/aromatic N) is 2. The molecule has 0 radical (unpaired) electrons. The van der Waals surface area contributed by atoms with Crippen LogP contribution in [-0.2, 0) is 6.54 Å². The van der Waals surface area contributed by atoms with Crippen LogP contribution in [0.5, 0.6) is 0 Å². The summed E-state index contributed by atoms with van der Waals surface area (Å²) in [5.41, 5.74) is 2.81. The summed E-state index contributed by atoms with van der Waals surface area (Å²) >= 11 is 0. The van der Waals surface area contributed by atoms with Gasteiger partial charge in [-0.25, -0.2) is 4.98 Å². The van der Waals surface area contributed by atoms with Gasteiger partial charge < -0.3 is 9.88 Å². The Morgan fingerprint density at radius 1 is 0.852 bits per heavy atom. The first-order chi connectivity index (χ1) is 13.2. The number of carbonyl (C=O) groups excluding carboxylic acids is 2. The van der Waals surface area contributed by atoms with Crippen LogP contribution in [0.15, 0.2) is 48.5 Å². The van der Waals surface area contributed by atoms with Crippen molar-refractivity contribution in [2.75, 3.05) is 11.9 Å². The Kier molecular flexibility index (Phi) is 4.87. The van der Waals surface area contributed by atoms with Crippen molar-refractivity contribution >= 4 is 28.8 Å². The molecule has 138 valence electrons. The van der Waals surface area contributed by atoms with Gasteiger partial charge in [-0.15, -0.1) is 0 Å². The fourth-order valence-corrected chi connectivity index (χ4v) is 3.43. The lowest BCUT2D eigenvalue weighted by Crippen LogP contribution is -2.25. The lowest BCUT2D eigenvalue weighted by Gasteiger charge is -2.10. The average molecular weight is 362 g/mol. The van der Waals surface area contributed by atoms with E-state index in [4.69, 9.17) is 0 Å². The van der Waals surface area contributed by atoms with Crippen LogP contribution in [-0.4, -0.2) is 27.9 Å². The second-order valence-electron chi connectivity index (χ2n) is 6.78. The van der Waals surface area contributed by atoms with Gasteiger partial charge in [0.2, 0.25) is 5.95 Å². The number of rotatable bonds is 0. The third-order valence-electron chi connectivity index (χ3n) is 4.86. The molecule has 6 nitrogen and oxygen atoms in total. The SMILES string of the molecule is O=C1NCCCCCCn2c(nc3ccccc32)NC(=O)c2cccc1c2. The number of imidazole rings is 1. The highest BCUT2D eigenvalue weighted by atomic mass is 16.2. The number of amides is 2. The predicted molar refractivity (Wildman–Crippen MR) is 105 cm³/mol. The Bertz CT molecular complexity index is 993. The van der Waals surface area contributed by atoms with Gasteiger partial charge in [-0.1, -0.05) is 31.0 Å². The summed E-state index contributed by atoms with van der Waals surface area (Å²) in [6.45, 7) is 1.44. The highest BCUT2D eigenvalue weighted by molar-refractivity contribution is 6.06. The van der Waals surface area contributed by atoms with Gasteiger partial charge in [0.1, 0.15) is 0 Å². The van der Waals surface area contributed by atoms with Crippen molar-refractivity contribution < 1.29 is 9.59 Å². The van der Waals surface area contributed by atoms with E-state index in [1.54, 1.807) is 24.3 Å². The Hall–Kier alpha value is -3.15. The number of carbonyl (C=O) groups is 2. The van der Waals surface area contributed by atoms with Gasteiger partial charge >= 0.3 is 0 Å². The fraction of sp³-hybridized carbons (Fsp3) is 0.286. The minimum Gasteiger partial charge on any atom is -0.352 e. The largest absolute Gasteiger partial charge is 0.352 e. The maximum atomic E-state index is 12.8. The number of hydrogen-bond acceptors (Lipinski definition) is 3. The molecule has 4 rings (SSSR count). The molecule has 2 N–H and O–H groups in total. The summed E-state index contributed by atoms with van der Waals surface area (Å²) in [6, 6.07) is 14.7. The maximum Gasteiger partial charge on any atom is 0.257 e. The van der Waals surface area contributed by atoms with E-state index in [-0.39, 0.29) is 11.8 Å². The Morgan fingerprint density at radius 3 is 2.52 bits per heavy atom. The molecule has 27 heavy (non-hydrogen) atoms. The van der Waals surface area contributed by atoms with Crippen molar-refractivity contribution in [1.29, 1.82) is 0 Å². The molecule has 2 heterocycles. The normalized spacial score (nSPS) is 16.0. The lowest BCUT2D eigenvalue weighted by atomic mass is 10.1. The smallest absolute Gasteiger partial charge is 0.257 e. The molecular formula is C21H22N4O2. The number of anilines is 1. The summed E-state index contributed by atoms with van der Waals surface area (Å²) in [7, 11) is 0. The quantitative estimate of drug-likeness (QED) is 0.642. The van der Waals surface area contributed by atoms with Crippen LogP contribution >= 0.6 is 0 Å². The minimum atomic E-state index is -0.268. The number of nitrogens with one attached hydrogen (secondary N) is 2. The van der Waals surface area contributed by atoms with Gasteiger partial charge in [-0.2, -0.15) is 0 Å². The number of aryl methyl sites for hydroxylation is 1. The second kappa shape index (κ2) is 7.61. The highest BCUT2D eigenvalue weighted by Gasteiger charge is 2.16. The molecule has 1 aliphatic heterocycles. The Morgan fingerprint density at radius 2 is 1.63 bits per heavy atom. The van der Waals surface area contributed by atoms with Crippen LogP contribution in [0.25, 0.3) is 11.0 Å². The third kappa shape index (κ3) is 3.69.